The highest BCUT2D eigenvalue weighted by molar-refractivity contribution is 5.90. The number of hydrogen-bond acceptors (Lipinski definition) is 5. The summed E-state index contributed by atoms with van der Waals surface area (Å²) in [5.74, 6) is 4.58. The third kappa shape index (κ3) is 4.08. The lowest BCUT2D eigenvalue weighted by molar-refractivity contribution is -0.385. The molecule has 19 heavy (non-hydrogen) atoms. The van der Waals surface area contributed by atoms with E-state index in [0.29, 0.717) is 0 Å². The summed E-state index contributed by atoms with van der Waals surface area (Å²) in [6, 6.07) is 3.96. The fourth-order valence-corrected chi connectivity index (χ4v) is 1.34. The summed E-state index contributed by atoms with van der Waals surface area (Å²) in [5.41, 5.74) is 0.0590. The number of aliphatic hydroxyl groups excluding tert-OH is 1. The molecule has 0 amide bonds. The van der Waals surface area contributed by atoms with E-state index in [2.05, 4.69) is 11.8 Å². The Morgan fingerprint density at radius 1 is 1.53 bits per heavy atom. The molecule has 0 saturated carbocycles. The van der Waals surface area contributed by atoms with Crippen molar-refractivity contribution in [2.45, 2.75) is 13.3 Å². The van der Waals surface area contributed by atoms with Gasteiger partial charge in [0.2, 0.25) is 0 Å². The molecule has 1 aromatic rings. The zero-order valence-electron chi connectivity index (χ0n) is 10.4. The van der Waals surface area contributed by atoms with Crippen LogP contribution in [-0.2, 0) is 4.74 Å². The molecule has 0 radical (unpaired) electrons. The first kappa shape index (κ1) is 14.7. The molecule has 0 unspecified atom stereocenters. The zero-order chi connectivity index (χ0) is 14.3. The molecule has 1 N–H and O–H groups in total. The van der Waals surface area contributed by atoms with Gasteiger partial charge in [-0.3, -0.25) is 10.1 Å². The fraction of sp³-hybridized carbons (Fsp3) is 0.308. The Morgan fingerprint density at radius 3 is 2.84 bits per heavy atom. The fourth-order valence-electron chi connectivity index (χ4n) is 1.34. The summed E-state index contributed by atoms with van der Waals surface area (Å²) in [5, 5.41) is 19.5. The van der Waals surface area contributed by atoms with Crippen LogP contribution in [0.15, 0.2) is 18.2 Å². The van der Waals surface area contributed by atoms with Gasteiger partial charge in [-0.2, -0.15) is 0 Å². The predicted molar refractivity (Wildman–Crippen MR) is 67.6 cm³/mol. The third-order valence-corrected chi connectivity index (χ3v) is 2.17. The van der Waals surface area contributed by atoms with E-state index in [1.165, 1.54) is 12.1 Å². The van der Waals surface area contributed by atoms with Crippen molar-refractivity contribution in [3.05, 3.63) is 39.4 Å². The van der Waals surface area contributed by atoms with Gasteiger partial charge in [-0.1, -0.05) is 11.8 Å². The monoisotopic (exact) mass is 263 g/mol. The first-order valence-corrected chi connectivity index (χ1v) is 5.65. The van der Waals surface area contributed by atoms with Crippen LogP contribution in [0.1, 0.15) is 29.3 Å². The van der Waals surface area contributed by atoms with E-state index in [9.17, 15) is 14.9 Å². The average molecular weight is 263 g/mol. The maximum Gasteiger partial charge on any atom is 0.338 e. The van der Waals surface area contributed by atoms with Gasteiger partial charge < -0.3 is 9.84 Å². The predicted octanol–water partition coefficient (Wildman–Crippen LogP) is 1.51. The highest BCUT2D eigenvalue weighted by Gasteiger charge is 2.16. The Labute approximate surface area is 110 Å². The van der Waals surface area contributed by atoms with Crippen molar-refractivity contribution in [3.8, 4) is 11.8 Å². The second kappa shape index (κ2) is 7.13. The zero-order valence-corrected chi connectivity index (χ0v) is 10.4. The first-order chi connectivity index (χ1) is 9.10. The van der Waals surface area contributed by atoms with Gasteiger partial charge in [-0.05, 0) is 19.1 Å². The van der Waals surface area contributed by atoms with Crippen LogP contribution in [0.3, 0.4) is 0 Å². The number of carbonyl (C=O) groups excluding carboxylic acids is 1. The summed E-state index contributed by atoms with van der Waals surface area (Å²) in [6.07, 6.45) is 0.233. The third-order valence-electron chi connectivity index (χ3n) is 2.17. The van der Waals surface area contributed by atoms with E-state index in [-0.39, 0.29) is 36.4 Å². The van der Waals surface area contributed by atoms with Gasteiger partial charge in [0.05, 0.1) is 23.7 Å². The Balaban J connectivity index is 3.12. The number of carbonyl (C=O) groups is 1. The van der Waals surface area contributed by atoms with Crippen molar-refractivity contribution in [2.75, 3.05) is 13.2 Å². The van der Waals surface area contributed by atoms with Crippen molar-refractivity contribution in [3.63, 3.8) is 0 Å². The minimum atomic E-state index is -0.611. The Bertz CT molecular complexity index is 542. The normalized spacial score (nSPS) is 9.37. The Kier molecular flexibility index (Phi) is 5.51. The van der Waals surface area contributed by atoms with E-state index in [1.54, 1.807) is 6.92 Å². The van der Waals surface area contributed by atoms with Crippen molar-refractivity contribution < 1.29 is 19.6 Å². The van der Waals surface area contributed by atoms with Gasteiger partial charge in [0.15, 0.2) is 0 Å². The summed E-state index contributed by atoms with van der Waals surface area (Å²) in [6.45, 7) is 1.74. The number of nitrogens with zero attached hydrogens (tertiary/aromatic N) is 1. The van der Waals surface area contributed by atoms with E-state index in [4.69, 9.17) is 9.84 Å². The summed E-state index contributed by atoms with van der Waals surface area (Å²) in [7, 11) is 0. The molecule has 0 bridgehead atoms. The quantitative estimate of drug-likeness (QED) is 0.385. The molecule has 1 aromatic carbocycles. The van der Waals surface area contributed by atoms with Crippen molar-refractivity contribution in [2.24, 2.45) is 0 Å². The number of aliphatic hydroxyl groups is 1. The number of nitro benzene ring substituents is 1. The summed E-state index contributed by atoms with van der Waals surface area (Å²) in [4.78, 5) is 21.8. The van der Waals surface area contributed by atoms with Gasteiger partial charge in [-0.15, -0.1) is 0 Å². The second-order valence-electron chi connectivity index (χ2n) is 3.48. The molecule has 0 aliphatic heterocycles. The summed E-state index contributed by atoms with van der Waals surface area (Å²) < 4.78 is 4.77. The molecule has 0 aliphatic carbocycles. The number of hydrogen-bond donors (Lipinski definition) is 1. The van der Waals surface area contributed by atoms with Gasteiger partial charge in [0, 0.05) is 12.5 Å². The van der Waals surface area contributed by atoms with Crippen molar-refractivity contribution >= 4 is 11.7 Å². The highest BCUT2D eigenvalue weighted by Crippen LogP contribution is 2.20. The number of esters is 1. The van der Waals surface area contributed by atoms with E-state index in [1.807, 2.05) is 0 Å². The van der Waals surface area contributed by atoms with Crippen LogP contribution < -0.4 is 0 Å². The highest BCUT2D eigenvalue weighted by atomic mass is 16.6. The number of benzene rings is 1. The number of rotatable bonds is 4. The first-order valence-electron chi connectivity index (χ1n) is 5.65. The Morgan fingerprint density at radius 2 is 2.26 bits per heavy atom. The molecule has 0 spiro atoms. The maximum atomic E-state index is 11.5. The van der Waals surface area contributed by atoms with Crippen molar-refractivity contribution in [1.29, 1.82) is 0 Å². The van der Waals surface area contributed by atoms with Crippen molar-refractivity contribution in [1.82, 2.24) is 0 Å². The Hall–Kier alpha value is -2.39. The molecular formula is C13H13NO5. The van der Waals surface area contributed by atoms with Gasteiger partial charge in [0.25, 0.3) is 5.69 Å². The van der Waals surface area contributed by atoms with Crippen LogP contribution in [0.5, 0.6) is 0 Å². The largest absolute Gasteiger partial charge is 0.462 e. The topological polar surface area (TPSA) is 89.7 Å². The van der Waals surface area contributed by atoms with Crippen LogP contribution in [0.2, 0.25) is 0 Å². The number of ether oxygens (including phenoxy) is 1. The minimum Gasteiger partial charge on any atom is -0.462 e. The molecule has 1 rings (SSSR count). The molecule has 0 aromatic heterocycles. The second-order valence-corrected chi connectivity index (χ2v) is 3.48. The van der Waals surface area contributed by atoms with E-state index >= 15 is 0 Å². The molecule has 0 heterocycles. The number of nitro groups is 1. The smallest absolute Gasteiger partial charge is 0.338 e. The van der Waals surface area contributed by atoms with E-state index in [0.717, 1.165) is 6.07 Å². The average Bonchev–Trinajstić information content (AvgIpc) is 2.39. The maximum absolute atomic E-state index is 11.5. The molecule has 100 valence electrons. The molecule has 0 atom stereocenters. The van der Waals surface area contributed by atoms with Crippen LogP contribution in [0.25, 0.3) is 0 Å². The van der Waals surface area contributed by atoms with Gasteiger partial charge in [-0.25, -0.2) is 4.79 Å². The molecule has 6 heteroatoms. The van der Waals surface area contributed by atoms with Gasteiger partial charge >= 0.3 is 5.97 Å². The minimum absolute atomic E-state index is 0.109. The van der Waals surface area contributed by atoms with Gasteiger partial charge in [0.1, 0.15) is 5.56 Å². The molecular weight excluding hydrogens is 250 g/mol. The van der Waals surface area contributed by atoms with E-state index < -0.39 is 10.9 Å². The van der Waals surface area contributed by atoms with Crippen LogP contribution in [0.4, 0.5) is 5.69 Å². The molecule has 6 nitrogen and oxygen atoms in total. The van der Waals surface area contributed by atoms with Crippen LogP contribution in [0, 0.1) is 22.0 Å². The SMILES string of the molecule is CCOC(=O)c1ccc(C#CCCO)c([N+](=O)[O-])c1. The summed E-state index contributed by atoms with van der Waals surface area (Å²) >= 11 is 0. The standard InChI is InChI=1S/C13H13NO5/c1-2-19-13(16)11-7-6-10(5-3-4-8-15)12(9-11)14(17)18/h6-7,9,15H,2,4,8H2,1H3. The lowest BCUT2D eigenvalue weighted by Gasteiger charge is -2.02. The molecule has 0 saturated heterocycles. The van der Waals surface area contributed by atoms with Crippen LogP contribution in [-0.4, -0.2) is 29.2 Å². The molecule has 0 fully saturated rings. The lowest BCUT2D eigenvalue weighted by atomic mass is 10.1. The van der Waals surface area contributed by atoms with Crippen LogP contribution >= 0.6 is 0 Å². The lowest BCUT2D eigenvalue weighted by Crippen LogP contribution is -2.05. The molecule has 0 aliphatic rings.